The minimum atomic E-state index is -0.0889. The van der Waals surface area contributed by atoms with Crippen molar-refractivity contribution in [3.63, 3.8) is 0 Å². The topological polar surface area (TPSA) is 91.9 Å². The van der Waals surface area contributed by atoms with Gasteiger partial charge in [0.15, 0.2) is 5.82 Å². The summed E-state index contributed by atoms with van der Waals surface area (Å²) in [5.41, 5.74) is 0.887. The van der Waals surface area contributed by atoms with E-state index in [0.717, 1.165) is 11.3 Å². The van der Waals surface area contributed by atoms with Gasteiger partial charge in [0, 0.05) is 18.0 Å². The summed E-state index contributed by atoms with van der Waals surface area (Å²) in [5, 5.41) is 12.8. The third kappa shape index (κ3) is 4.05. The molecule has 1 unspecified atom stereocenters. The zero-order chi connectivity index (χ0) is 15.9. The standard InChI is InChI=1S/C15H21N5O2/c1-10(8-16-2)15(21)17-9-13-18-14(20-19-13)11-4-6-12(22-3)7-5-11/h4-7,10,16H,8-9H2,1-3H3,(H,17,21)(H,18,19,20). The third-order valence-electron chi connectivity index (χ3n) is 3.27. The second-order valence-electron chi connectivity index (χ2n) is 5.01. The van der Waals surface area contributed by atoms with Gasteiger partial charge in [0.1, 0.15) is 11.6 Å². The Balaban J connectivity index is 1.95. The highest BCUT2D eigenvalue weighted by molar-refractivity contribution is 5.78. The molecule has 1 heterocycles. The molecule has 0 saturated carbocycles. The van der Waals surface area contributed by atoms with Crippen LogP contribution in [0.25, 0.3) is 11.4 Å². The van der Waals surface area contributed by atoms with Gasteiger partial charge in [0.25, 0.3) is 0 Å². The quantitative estimate of drug-likeness (QED) is 0.708. The van der Waals surface area contributed by atoms with Crippen LogP contribution < -0.4 is 15.4 Å². The van der Waals surface area contributed by atoms with Crippen LogP contribution in [0.5, 0.6) is 5.75 Å². The first-order valence-corrected chi connectivity index (χ1v) is 7.12. The highest BCUT2D eigenvalue weighted by atomic mass is 16.5. The van der Waals surface area contributed by atoms with Gasteiger partial charge in [0.2, 0.25) is 5.91 Å². The van der Waals surface area contributed by atoms with Crippen LogP contribution in [0.1, 0.15) is 12.7 Å². The van der Waals surface area contributed by atoms with E-state index in [2.05, 4.69) is 25.8 Å². The average Bonchev–Trinajstić information content (AvgIpc) is 3.02. The molecule has 1 amide bonds. The molecule has 118 valence electrons. The number of carbonyl (C=O) groups is 1. The molecule has 7 nitrogen and oxygen atoms in total. The van der Waals surface area contributed by atoms with Gasteiger partial charge >= 0.3 is 0 Å². The lowest BCUT2D eigenvalue weighted by Gasteiger charge is -2.10. The number of H-pyrrole nitrogens is 1. The first-order chi connectivity index (χ1) is 10.6. The first-order valence-electron chi connectivity index (χ1n) is 7.12. The maximum atomic E-state index is 11.8. The number of aromatic nitrogens is 3. The van der Waals surface area contributed by atoms with Crippen LogP contribution in [-0.4, -0.2) is 41.8 Å². The van der Waals surface area contributed by atoms with E-state index in [1.807, 2.05) is 38.2 Å². The number of rotatable bonds is 7. The molecule has 22 heavy (non-hydrogen) atoms. The molecule has 1 atom stereocenters. The number of methoxy groups -OCH3 is 1. The Morgan fingerprint density at radius 1 is 1.36 bits per heavy atom. The lowest BCUT2D eigenvalue weighted by atomic mass is 10.1. The molecule has 1 aromatic carbocycles. The number of benzene rings is 1. The normalized spacial score (nSPS) is 12.0. The molecule has 3 N–H and O–H groups in total. The monoisotopic (exact) mass is 303 g/mol. The predicted octanol–water partition coefficient (Wildman–Crippen LogP) is 0.952. The Hall–Kier alpha value is -2.41. The van der Waals surface area contributed by atoms with Crippen LogP contribution in [0, 0.1) is 5.92 Å². The molecule has 0 fully saturated rings. The highest BCUT2D eigenvalue weighted by Gasteiger charge is 2.12. The molecule has 2 aromatic rings. The Morgan fingerprint density at radius 3 is 2.73 bits per heavy atom. The van der Waals surface area contributed by atoms with Gasteiger partial charge in [-0.25, -0.2) is 4.98 Å². The van der Waals surface area contributed by atoms with E-state index in [9.17, 15) is 4.79 Å². The molecule has 2 rings (SSSR count). The van der Waals surface area contributed by atoms with Crippen LogP contribution in [0.4, 0.5) is 0 Å². The maximum Gasteiger partial charge on any atom is 0.224 e. The number of hydrogen-bond donors (Lipinski definition) is 3. The summed E-state index contributed by atoms with van der Waals surface area (Å²) < 4.78 is 5.12. The van der Waals surface area contributed by atoms with E-state index in [1.165, 1.54) is 0 Å². The predicted molar refractivity (Wildman–Crippen MR) is 83.3 cm³/mol. The van der Waals surface area contributed by atoms with E-state index < -0.39 is 0 Å². The summed E-state index contributed by atoms with van der Waals surface area (Å²) >= 11 is 0. The number of hydrogen-bond acceptors (Lipinski definition) is 5. The van der Waals surface area contributed by atoms with E-state index >= 15 is 0 Å². The Bertz CT molecular complexity index is 609. The molecular weight excluding hydrogens is 282 g/mol. The molecule has 0 bridgehead atoms. The molecule has 0 saturated heterocycles. The molecule has 0 aliphatic rings. The lowest BCUT2D eigenvalue weighted by molar-refractivity contribution is -0.124. The van der Waals surface area contributed by atoms with Crippen LogP contribution in [-0.2, 0) is 11.3 Å². The van der Waals surface area contributed by atoms with Crippen molar-refractivity contribution in [2.75, 3.05) is 20.7 Å². The Morgan fingerprint density at radius 2 is 2.09 bits per heavy atom. The van der Waals surface area contributed by atoms with Crippen LogP contribution in [0.3, 0.4) is 0 Å². The van der Waals surface area contributed by atoms with Gasteiger partial charge in [-0.15, -0.1) is 0 Å². The fourth-order valence-corrected chi connectivity index (χ4v) is 1.99. The maximum absolute atomic E-state index is 11.8. The zero-order valence-electron chi connectivity index (χ0n) is 13.0. The Kier molecular flexibility index (Phi) is 5.48. The number of aromatic amines is 1. The second kappa shape index (κ2) is 7.56. The average molecular weight is 303 g/mol. The van der Waals surface area contributed by atoms with Gasteiger partial charge in [-0.3, -0.25) is 9.89 Å². The molecule has 7 heteroatoms. The lowest BCUT2D eigenvalue weighted by Crippen LogP contribution is -2.34. The van der Waals surface area contributed by atoms with E-state index in [4.69, 9.17) is 4.74 Å². The molecule has 0 spiro atoms. The van der Waals surface area contributed by atoms with Crippen molar-refractivity contribution in [1.82, 2.24) is 25.8 Å². The molecule has 0 radical (unpaired) electrons. The summed E-state index contributed by atoms with van der Waals surface area (Å²) in [4.78, 5) is 16.2. The smallest absolute Gasteiger partial charge is 0.224 e. The number of ether oxygens (including phenoxy) is 1. The molecule has 0 aliphatic carbocycles. The summed E-state index contributed by atoms with van der Waals surface area (Å²) in [7, 11) is 3.44. The van der Waals surface area contributed by atoms with E-state index in [-0.39, 0.29) is 11.8 Å². The zero-order valence-corrected chi connectivity index (χ0v) is 13.0. The van der Waals surface area contributed by atoms with Crippen molar-refractivity contribution in [3.8, 4) is 17.1 Å². The van der Waals surface area contributed by atoms with Gasteiger partial charge in [-0.1, -0.05) is 6.92 Å². The summed E-state index contributed by atoms with van der Waals surface area (Å²) in [6.07, 6.45) is 0. The van der Waals surface area contributed by atoms with Gasteiger partial charge in [-0.05, 0) is 31.3 Å². The SMILES string of the molecule is CNCC(C)C(=O)NCc1nc(-c2ccc(OC)cc2)n[nH]1. The minimum Gasteiger partial charge on any atom is -0.497 e. The fraction of sp³-hybridized carbons (Fsp3) is 0.400. The van der Waals surface area contributed by atoms with Crippen molar-refractivity contribution < 1.29 is 9.53 Å². The van der Waals surface area contributed by atoms with Crippen LogP contribution in [0.15, 0.2) is 24.3 Å². The molecular formula is C15H21N5O2. The van der Waals surface area contributed by atoms with Crippen LogP contribution in [0.2, 0.25) is 0 Å². The minimum absolute atomic E-state index is 0.0169. The number of carbonyl (C=O) groups excluding carboxylic acids is 1. The van der Waals surface area contributed by atoms with Crippen LogP contribution >= 0.6 is 0 Å². The van der Waals surface area contributed by atoms with E-state index in [0.29, 0.717) is 24.7 Å². The van der Waals surface area contributed by atoms with Crippen molar-refractivity contribution in [2.45, 2.75) is 13.5 Å². The summed E-state index contributed by atoms with van der Waals surface area (Å²) in [5.74, 6) is 1.89. The van der Waals surface area contributed by atoms with E-state index in [1.54, 1.807) is 7.11 Å². The summed E-state index contributed by atoms with van der Waals surface area (Å²) in [6, 6.07) is 7.48. The van der Waals surface area contributed by atoms with Crippen molar-refractivity contribution in [1.29, 1.82) is 0 Å². The van der Waals surface area contributed by atoms with Gasteiger partial charge < -0.3 is 15.4 Å². The first kappa shape index (κ1) is 16.0. The van der Waals surface area contributed by atoms with Gasteiger partial charge in [-0.2, -0.15) is 5.10 Å². The molecule has 1 aromatic heterocycles. The summed E-state index contributed by atoms with van der Waals surface area (Å²) in [6.45, 7) is 2.84. The van der Waals surface area contributed by atoms with Crippen molar-refractivity contribution in [3.05, 3.63) is 30.1 Å². The largest absolute Gasteiger partial charge is 0.497 e. The third-order valence-corrected chi connectivity index (χ3v) is 3.27. The number of amides is 1. The fourth-order valence-electron chi connectivity index (χ4n) is 1.99. The van der Waals surface area contributed by atoms with Crippen molar-refractivity contribution in [2.24, 2.45) is 5.92 Å². The van der Waals surface area contributed by atoms with Crippen molar-refractivity contribution >= 4 is 5.91 Å². The number of nitrogens with one attached hydrogen (secondary N) is 3. The number of nitrogens with zero attached hydrogens (tertiary/aromatic N) is 2. The highest BCUT2D eigenvalue weighted by Crippen LogP contribution is 2.18. The molecule has 0 aliphatic heterocycles. The Labute approximate surface area is 129 Å². The second-order valence-corrected chi connectivity index (χ2v) is 5.01. The van der Waals surface area contributed by atoms with Gasteiger partial charge in [0.05, 0.1) is 13.7 Å².